The Labute approximate surface area is 91.7 Å². The number of nitrogens with two attached hydrogens (primary N) is 1. The molecule has 0 aliphatic rings. The average molecular weight is 217 g/mol. The number of hydrogen-bond donors (Lipinski definition) is 1. The summed E-state index contributed by atoms with van der Waals surface area (Å²) in [6.07, 6.45) is 0. The molecule has 0 aliphatic heterocycles. The van der Waals surface area contributed by atoms with Crippen molar-refractivity contribution in [2.24, 2.45) is 0 Å². The Morgan fingerprint density at radius 1 is 1.25 bits per heavy atom. The van der Waals surface area contributed by atoms with E-state index in [1.54, 1.807) is 24.3 Å². The first-order valence-electron chi connectivity index (χ1n) is 4.78. The third kappa shape index (κ3) is 1.52. The van der Waals surface area contributed by atoms with Crippen LogP contribution in [-0.4, -0.2) is 15.3 Å². The normalized spacial score (nSPS) is 10.3. The molecule has 0 amide bonds. The van der Waals surface area contributed by atoms with Crippen LogP contribution in [0.15, 0.2) is 41.2 Å². The van der Waals surface area contributed by atoms with Crippen molar-refractivity contribution in [3.8, 4) is 5.69 Å². The van der Waals surface area contributed by atoms with Crippen molar-refractivity contribution in [2.45, 2.75) is 6.92 Å². The molecule has 0 atom stereocenters. The van der Waals surface area contributed by atoms with E-state index in [1.165, 1.54) is 17.7 Å². The van der Waals surface area contributed by atoms with E-state index < -0.39 is 0 Å². The van der Waals surface area contributed by atoms with Gasteiger partial charge in [-0.15, -0.1) is 0 Å². The third-order valence-electron chi connectivity index (χ3n) is 2.22. The molecule has 0 bridgehead atoms. The van der Waals surface area contributed by atoms with E-state index in [0.717, 1.165) is 4.68 Å². The van der Waals surface area contributed by atoms with Crippen molar-refractivity contribution in [2.75, 3.05) is 5.73 Å². The minimum atomic E-state index is -0.320. The van der Waals surface area contributed by atoms with Gasteiger partial charge in [-0.3, -0.25) is 9.59 Å². The van der Waals surface area contributed by atoms with Gasteiger partial charge in [-0.2, -0.15) is 4.68 Å². The first-order chi connectivity index (χ1) is 7.61. The van der Waals surface area contributed by atoms with Crippen LogP contribution in [0.2, 0.25) is 0 Å². The van der Waals surface area contributed by atoms with Crippen molar-refractivity contribution in [1.29, 1.82) is 0 Å². The van der Waals surface area contributed by atoms with Crippen LogP contribution < -0.4 is 11.3 Å². The Kier molecular flexibility index (Phi) is 2.36. The van der Waals surface area contributed by atoms with Crippen molar-refractivity contribution in [3.05, 3.63) is 46.8 Å². The molecule has 0 unspecified atom stereocenters. The van der Waals surface area contributed by atoms with Gasteiger partial charge in [0, 0.05) is 13.0 Å². The molecule has 2 rings (SSSR count). The summed E-state index contributed by atoms with van der Waals surface area (Å²) in [6, 6.07) is 10.1. The molecule has 1 aromatic carbocycles. The number of benzene rings is 1. The van der Waals surface area contributed by atoms with Gasteiger partial charge in [0.25, 0.3) is 5.56 Å². The Balaban J connectivity index is 2.75. The zero-order valence-corrected chi connectivity index (χ0v) is 8.75. The second-order valence-corrected chi connectivity index (χ2v) is 3.39. The second kappa shape index (κ2) is 3.69. The van der Waals surface area contributed by atoms with E-state index in [9.17, 15) is 9.59 Å². The van der Waals surface area contributed by atoms with Crippen LogP contribution in [0.3, 0.4) is 0 Å². The topological polar surface area (TPSA) is 70.0 Å². The van der Waals surface area contributed by atoms with Crippen molar-refractivity contribution < 1.29 is 4.79 Å². The lowest BCUT2D eigenvalue weighted by molar-refractivity contribution is 0.0915. The highest BCUT2D eigenvalue weighted by molar-refractivity contribution is 5.79. The van der Waals surface area contributed by atoms with Crippen LogP contribution in [0, 0.1) is 0 Å². The lowest BCUT2D eigenvalue weighted by Gasteiger charge is -2.09. The molecule has 2 aromatic rings. The number of nitrogen functional groups attached to an aromatic ring is 1. The number of nitrogens with zero attached hydrogens (tertiary/aromatic N) is 2. The molecular formula is C11H11N3O2. The summed E-state index contributed by atoms with van der Waals surface area (Å²) >= 11 is 0. The number of carbonyl (C=O) groups is 1. The number of para-hydroxylation sites is 1. The zero-order valence-electron chi connectivity index (χ0n) is 8.75. The molecule has 0 fully saturated rings. The second-order valence-electron chi connectivity index (χ2n) is 3.39. The van der Waals surface area contributed by atoms with E-state index in [2.05, 4.69) is 0 Å². The van der Waals surface area contributed by atoms with Gasteiger partial charge in [-0.05, 0) is 12.1 Å². The monoisotopic (exact) mass is 217 g/mol. The molecule has 5 nitrogen and oxygen atoms in total. The Morgan fingerprint density at radius 2 is 1.88 bits per heavy atom. The summed E-state index contributed by atoms with van der Waals surface area (Å²) in [5, 5.41) is 0. The maximum atomic E-state index is 11.7. The molecule has 1 aromatic heterocycles. The molecule has 5 heteroatoms. The van der Waals surface area contributed by atoms with Crippen LogP contribution in [-0.2, 0) is 0 Å². The lowest BCUT2D eigenvalue weighted by Crippen LogP contribution is -2.24. The van der Waals surface area contributed by atoms with Gasteiger partial charge in [0.05, 0.1) is 5.69 Å². The first-order valence-corrected chi connectivity index (χ1v) is 4.78. The van der Waals surface area contributed by atoms with Crippen LogP contribution in [0.5, 0.6) is 0 Å². The first kappa shape index (κ1) is 10.2. The van der Waals surface area contributed by atoms with E-state index in [0.29, 0.717) is 5.69 Å². The maximum absolute atomic E-state index is 11.7. The summed E-state index contributed by atoms with van der Waals surface area (Å²) in [6.45, 7) is 1.36. The molecule has 1 heterocycles. The SMILES string of the molecule is CC(=O)n1c(N)cc(=O)n1-c1ccccc1. The predicted octanol–water partition coefficient (Wildman–Crippen LogP) is 0.881. The molecule has 0 spiro atoms. The number of aromatic nitrogens is 2. The van der Waals surface area contributed by atoms with Gasteiger partial charge >= 0.3 is 0 Å². The fraction of sp³-hybridized carbons (Fsp3) is 0.0909. The largest absolute Gasteiger partial charge is 0.383 e. The third-order valence-corrected chi connectivity index (χ3v) is 2.22. The van der Waals surface area contributed by atoms with Gasteiger partial charge in [0.15, 0.2) is 0 Å². The minimum Gasteiger partial charge on any atom is -0.383 e. The highest BCUT2D eigenvalue weighted by Gasteiger charge is 2.13. The Morgan fingerprint density at radius 3 is 2.44 bits per heavy atom. The van der Waals surface area contributed by atoms with E-state index in [4.69, 9.17) is 5.73 Å². The highest BCUT2D eigenvalue weighted by atomic mass is 16.2. The maximum Gasteiger partial charge on any atom is 0.273 e. The van der Waals surface area contributed by atoms with Gasteiger partial charge in [-0.1, -0.05) is 18.2 Å². The minimum absolute atomic E-state index is 0.140. The standard InChI is InChI=1S/C11H11N3O2/c1-8(15)13-10(12)7-11(16)14(13)9-5-3-2-4-6-9/h2-7H,12H2,1H3. The summed E-state index contributed by atoms with van der Waals surface area (Å²) in [4.78, 5) is 23.1. The predicted molar refractivity (Wildman–Crippen MR) is 60.7 cm³/mol. The summed E-state index contributed by atoms with van der Waals surface area (Å²) < 4.78 is 2.40. The van der Waals surface area contributed by atoms with Crippen LogP contribution >= 0.6 is 0 Å². The molecular weight excluding hydrogens is 206 g/mol. The van der Waals surface area contributed by atoms with Gasteiger partial charge in [0.1, 0.15) is 5.82 Å². The molecule has 16 heavy (non-hydrogen) atoms. The number of hydrogen-bond acceptors (Lipinski definition) is 3. The Bertz CT molecular complexity index is 581. The van der Waals surface area contributed by atoms with Crippen LogP contribution in [0.25, 0.3) is 5.69 Å². The molecule has 0 aliphatic carbocycles. The van der Waals surface area contributed by atoms with E-state index in [-0.39, 0.29) is 17.3 Å². The van der Waals surface area contributed by atoms with Gasteiger partial charge in [-0.25, -0.2) is 4.68 Å². The zero-order chi connectivity index (χ0) is 11.7. The van der Waals surface area contributed by atoms with Crippen molar-refractivity contribution >= 4 is 11.7 Å². The summed E-state index contributed by atoms with van der Waals surface area (Å²) in [5.41, 5.74) is 5.89. The van der Waals surface area contributed by atoms with Crippen molar-refractivity contribution in [3.63, 3.8) is 0 Å². The lowest BCUT2D eigenvalue weighted by atomic mass is 10.3. The smallest absolute Gasteiger partial charge is 0.273 e. The van der Waals surface area contributed by atoms with E-state index >= 15 is 0 Å². The number of anilines is 1. The highest BCUT2D eigenvalue weighted by Crippen LogP contribution is 2.08. The van der Waals surface area contributed by atoms with Crippen LogP contribution in [0.1, 0.15) is 11.7 Å². The molecule has 0 radical (unpaired) electrons. The van der Waals surface area contributed by atoms with Gasteiger partial charge < -0.3 is 5.73 Å². The summed E-state index contributed by atoms with van der Waals surface area (Å²) in [5.74, 6) is -0.162. The molecule has 2 N–H and O–H groups in total. The van der Waals surface area contributed by atoms with Crippen LogP contribution in [0.4, 0.5) is 5.82 Å². The Hall–Kier alpha value is -2.30. The molecule has 0 saturated heterocycles. The fourth-order valence-electron chi connectivity index (χ4n) is 1.60. The average Bonchev–Trinajstić information content (AvgIpc) is 2.55. The van der Waals surface area contributed by atoms with E-state index in [1.807, 2.05) is 6.07 Å². The van der Waals surface area contributed by atoms with Crippen molar-refractivity contribution in [1.82, 2.24) is 9.36 Å². The van der Waals surface area contributed by atoms with Gasteiger partial charge in [0.2, 0.25) is 5.91 Å². The number of carbonyl (C=O) groups excluding carboxylic acids is 1. The molecule has 0 saturated carbocycles. The number of rotatable bonds is 1. The fourth-order valence-corrected chi connectivity index (χ4v) is 1.60. The summed E-state index contributed by atoms with van der Waals surface area (Å²) in [7, 11) is 0. The quantitative estimate of drug-likeness (QED) is 0.770. The molecule has 82 valence electrons.